The molecule has 3 heterocycles. The van der Waals surface area contributed by atoms with Crippen molar-refractivity contribution in [2.24, 2.45) is 0 Å². The van der Waals surface area contributed by atoms with E-state index in [1.54, 1.807) is 0 Å². The number of fused-ring (bicyclic) bond motifs is 1. The quantitative estimate of drug-likeness (QED) is 0.805. The lowest BCUT2D eigenvalue weighted by Gasteiger charge is -2.12. The number of aromatic nitrogens is 3. The summed E-state index contributed by atoms with van der Waals surface area (Å²) in [6.45, 7) is 3.84. The van der Waals surface area contributed by atoms with Crippen LogP contribution in [0.3, 0.4) is 0 Å². The molecule has 3 aromatic rings. The summed E-state index contributed by atoms with van der Waals surface area (Å²) in [5, 5.41) is 13.1. The molecule has 0 saturated carbocycles. The van der Waals surface area contributed by atoms with Gasteiger partial charge in [-0.15, -0.1) is 21.5 Å². The third kappa shape index (κ3) is 2.18. The number of carbonyl (C=O) groups excluding carboxylic acids is 1. The maximum Gasteiger partial charge on any atom is 0.262 e. The Labute approximate surface area is 120 Å². The molecule has 1 atom stereocenters. The molecule has 0 unspecified atom stereocenters. The molecular formula is C14H14N4OS. The Hall–Kier alpha value is -2.21. The number of pyridine rings is 1. The number of nitrogens with one attached hydrogen (secondary N) is 1. The fourth-order valence-corrected chi connectivity index (χ4v) is 2.92. The number of nitrogens with zero attached hydrogens (tertiary/aromatic N) is 3. The van der Waals surface area contributed by atoms with E-state index in [-0.39, 0.29) is 11.9 Å². The molecule has 0 spiro atoms. The van der Waals surface area contributed by atoms with E-state index in [4.69, 9.17) is 0 Å². The van der Waals surface area contributed by atoms with Crippen molar-refractivity contribution in [1.29, 1.82) is 0 Å². The van der Waals surface area contributed by atoms with Crippen LogP contribution in [0, 0.1) is 6.92 Å². The maximum absolute atomic E-state index is 12.2. The second kappa shape index (κ2) is 5.05. The maximum atomic E-state index is 12.2. The standard InChI is InChI=1S/C14H14N4OS/c1-9-6-8-20-12(9)14(19)15-10(2)13-17-16-11-5-3-4-7-18(11)13/h3-8,10H,1-2H3,(H,15,19)/t10-/m0/s1. The fraction of sp³-hybridized carbons (Fsp3) is 0.214. The monoisotopic (exact) mass is 286 g/mol. The highest BCUT2D eigenvalue weighted by Gasteiger charge is 2.18. The lowest BCUT2D eigenvalue weighted by Crippen LogP contribution is -2.27. The molecule has 0 aliphatic carbocycles. The van der Waals surface area contributed by atoms with Gasteiger partial charge in [0, 0.05) is 6.20 Å². The Morgan fingerprint density at radius 2 is 2.20 bits per heavy atom. The average molecular weight is 286 g/mol. The van der Waals surface area contributed by atoms with Gasteiger partial charge in [0.05, 0.1) is 10.9 Å². The van der Waals surface area contributed by atoms with Gasteiger partial charge >= 0.3 is 0 Å². The van der Waals surface area contributed by atoms with E-state index in [9.17, 15) is 4.79 Å². The second-order valence-electron chi connectivity index (χ2n) is 4.61. The minimum absolute atomic E-state index is 0.0716. The zero-order valence-corrected chi connectivity index (χ0v) is 12.0. The van der Waals surface area contributed by atoms with E-state index >= 15 is 0 Å². The van der Waals surface area contributed by atoms with Gasteiger partial charge in [-0.25, -0.2) is 0 Å². The van der Waals surface area contributed by atoms with Crippen molar-refractivity contribution in [3.05, 3.63) is 52.1 Å². The lowest BCUT2D eigenvalue weighted by molar-refractivity contribution is 0.0941. The molecule has 1 amide bonds. The van der Waals surface area contributed by atoms with Crippen LogP contribution in [0.15, 0.2) is 35.8 Å². The largest absolute Gasteiger partial charge is 0.342 e. The van der Waals surface area contributed by atoms with E-state index in [1.165, 1.54) is 11.3 Å². The molecular weight excluding hydrogens is 272 g/mol. The number of aryl methyl sites for hydroxylation is 1. The third-order valence-corrected chi connectivity index (χ3v) is 4.16. The van der Waals surface area contributed by atoms with Gasteiger partial charge in [0.2, 0.25) is 0 Å². The number of hydrogen-bond donors (Lipinski definition) is 1. The van der Waals surface area contributed by atoms with Crippen LogP contribution in [0.4, 0.5) is 0 Å². The number of thiophene rings is 1. The SMILES string of the molecule is Cc1ccsc1C(=O)N[C@@H](C)c1nnc2ccccn12. The molecule has 0 bridgehead atoms. The first kappa shape index (κ1) is 12.8. The topological polar surface area (TPSA) is 59.3 Å². The van der Waals surface area contributed by atoms with Crippen LogP contribution in [0.2, 0.25) is 0 Å². The van der Waals surface area contributed by atoms with E-state index in [2.05, 4.69) is 15.5 Å². The molecule has 3 aromatic heterocycles. The average Bonchev–Trinajstić information content (AvgIpc) is 3.04. The minimum atomic E-state index is -0.207. The Bertz CT molecular complexity index is 761. The lowest BCUT2D eigenvalue weighted by atomic mass is 10.2. The van der Waals surface area contributed by atoms with E-state index in [1.807, 2.05) is 54.1 Å². The van der Waals surface area contributed by atoms with Crippen LogP contribution in [0.5, 0.6) is 0 Å². The van der Waals surface area contributed by atoms with Crippen molar-refractivity contribution in [1.82, 2.24) is 19.9 Å². The Morgan fingerprint density at radius 3 is 2.95 bits per heavy atom. The van der Waals surface area contributed by atoms with Gasteiger partial charge in [-0.05, 0) is 43.0 Å². The highest BCUT2D eigenvalue weighted by molar-refractivity contribution is 7.12. The molecule has 0 aromatic carbocycles. The summed E-state index contributed by atoms with van der Waals surface area (Å²) in [5.74, 6) is 0.654. The highest BCUT2D eigenvalue weighted by Crippen LogP contribution is 2.18. The van der Waals surface area contributed by atoms with E-state index in [0.717, 1.165) is 21.9 Å². The first-order valence-corrected chi connectivity index (χ1v) is 7.19. The first-order chi connectivity index (χ1) is 9.66. The summed E-state index contributed by atoms with van der Waals surface area (Å²) in [7, 11) is 0. The van der Waals surface area contributed by atoms with Crippen molar-refractivity contribution in [2.45, 2.75) is 19.9 Å². The molecule has 0 aliphatic heterocycles. The Morgan fingerprint density at radius 1 is 1.35 bits per heavy atom. The summed E-state index contributed by atoms with van der Waals surface area (Å²) in [5.41, 5.74) is 1.77. The predicted octanol–water partition coefficient (Wildman–Crippen LogP) is 2.59. The van der Waals surface area contributed by atoms with Gasteiger partial charge in [0.1, 0.15) is 0 Å². The van der Waals surface area contributed by atoms with E-state index in [0.29, 0.717) is 0 Å². The third-order valence-electron chi connectivity index (χ3n) is 3.14. The normalized spacial score (nSPS) is 12.5. The number of hydrogen-bond acceptors (Lipinski definition) is 4. The van der Waals surface area contributed by atoms with Crippen LogP contribution >= 0.6 is 11.3 Å². The fourth-order valence-electron chi connectivity index (χ4n) is 2.09. The number of rotatable bonds is 3. The molecule has 3 rings (SSSR count). The van der Waals surface area contributed by atoms with Crippen LogP contribution in [-0.4, -0.2) is 20.5 Å². The van der Waals surface area contributed by atoms with Crippen molar-refractivity contribution in [3.8, 4) is 0 Å². The zero-order valence-electron chi connectivity index (χ0n) is 11.2. The molecule has 0 saturated heterocycles. The van der Waals surface area contributed by atoms with Crippen molar-refractivity contribution >= 4 is 22.9 Å². The molecule has 102 valence electrons. The minimum Gasteiger partial charge on any atom is -0.342 e. The Kier molecular flexibility index (Phi) is 3.23. The van der Waals surface area contributed by atoms with Gasteiger partial charge < -0.3 is 5.32 Å². The number of amides is 1. The van der Waals surface area contributed by atoms with Crippen LogP contribution in [0.1, 0.15) is 34.0 Å². The summed E-state index contributed by atoms with van der Waals surface area (Å²) in [6, 6.07) is 7.44. The second-order valence-corrected chi connectivity index (χ2v) is 5.53. The summed E-state index contributed by atoms with van der Waals surface area (Å²) in [6.07, 6.45) is 1.89. The first-order valence-electron chi connectivity index (χ1n) is 6.31. The molecule has 0 radical (unpaired) electrons. The molecule has 0 aliphatic rings. The zero-order chi connectivity index (χ0) is 14.1. The summed E-state index contributed by atoms with van der Waals surface area (Å²) < 4.78 is 1.88. The summed E-state index contributed by atoms with van der Waals surface area (Å²) >= 11 is 1.45. The van der Waals surface area contributed by atoms with Gasteiger partial charge in [-0.1, -0.05) is 6.07 Å². The van der Waals surface area contributed by atoms with Crippen molar-refractivity contribution < 1.29 is 4.79 Å². The van der Waals surface area contributed by atoms with Crippen molar-refractivity contribution in [2.75, 3.05) is 0 Å². The molecule has 0 fully saturated rings. The van der Waals surface area contributed by atoms with Gasteiger partial charge in [0.25, 0.3) is 5.91 Å². The Balaban J connectivity index is 1.85. The molecule has 20 heavy (non-hydrogen) atoms. The van der Waals surface area contributed by atoms with Gasteiger partial charge in [0.15, 0.2) is 11.5 Å². The van der Waals surface area contributed by atoms with Crippen LogP contribution < -0.4 is 5.32 Å². The van der Waals surface area contributed by atoms with Gasteiger partial charge in [-0.2, -0.15) is 0 Å². The molecule has 1 N–H and O–H groups in total. The summed E-state index contributed by atoms with van der Waals surface area (Å²) in [4.78, 5) is 13.0. The van der Waals surface area contributed by atoms with Crippen LogP contribution in [0.25, 0.3) is 5.65 Å². The molecule has 5 nitrogen and oxygen atoms in total. The highest BCUT2D eigenvalue weighted by atomic mass is 32.1. The molecule has 6 heteroatoms. The van der Waals surface area contributed by atoms with Crippen molar-refractivity contribution in [3.63, 3.8) is 0 Å². The van der Waals surface area contributed by atoms with Crippen LogP contribution in [-0.2, 0) is 0 Å². The van der Waals surface area contributed by atoms with Gasteiger partial charge in [-0.3, -0.25) is 9.20 Å². The smallest absolute Gasteiger partial charge is 0.262 e. The van der Waals surface area contributed by atoms with E-state index < -0.39 is 0 Å². The predicted molar refractivity (Wildman–Crippen MR) is 77.9 cm³/mol. The number of carbonyl (C=O) groups is 1.